The second-order valence-corrected chi connectivity index (χ2v) is 5.97. The molecule has 0 saturated heterocycles. The van der Waals surface area contributed by atoms with Crippen LogP contribution in [0.4, 0.5) is 5.69 Å². The third kappa shape index (κ3) is 3.45. The summed E-state index contributed by atoms with van der Waals surface area (Å²) < 4.78 is 3.25. The van der Waals surface area contributed by atoms with Gasteiger partial charge in [-0.25, -0.2) is 0 Å². The number of H-pyrrole nitrogens is 1. The van der Waals surface area contributed by atoms with Gasteiger partial charge < -0.3 is 9.71 Å². The number of nitrogens with zero attached hydrogens (tertiary/aromatic N) is 1. The van der Waals surface area contributed by atoms with Gasteiger partial charge in [0.2, 0.25) is 0 Å². The summed E-state index contributed by atoms with van der Waals surface area (Å²) in [7, 11) is 0. The molecule has 3 nitrogen and oxygen atoms in total. The lowest BCUT2D eigenvalue weighted by Gasteiger charge is -2.03. The number of nitriles is 1. The van der Waals surface area contributed by atoms with Crippen LogP contribution >= 0.6 is 23.5 Å². The average molecular weight is 326 g/mol. The molecule has 3 aromatic rings. The Hall–Kier alpha value is -2.35. The molecule has 0 fully saturated rings. The van der Waals surface area contributed by atoms with E-state index in [0.29, 0.717) is 5.56 Å². The molecule has 2 aromatic carbocycles. The lowest BCUT2D eigenvalue weighted by Crippen LogP contribution is -1.85. The molecule has 0 radical (unpaired) electrons. The van der Waals surface area contributed by atoms with Crippen LogP contribution in [0.15, 0.2) is 65.7 Å². The summed E-state index contributed by atoms with van der Waals surface area (Å²) in [5.74, 6) is 0. The Bertz CT molecular complexity index is 818. The van der Waals surface area contributed by atoms with E-state index in [1.54, 1.807) is 12.1 Å². The van der Waals surface area contributed by atoms with Crippen LogP contribution in [0.25, 0.3) is 11.3 Å². The Labute approximate surface area is 138 Å². The van der Waals surface area contributed by atoms with Crippen molar-refractivity contribution in [2.75, 3.05) is 4.72 Å². The molecule has 0 saturated carbocycles. The van der Waals surface area contributed by atoms with Crippen LogP contribution in [-0.2, 0) is 0 Å². The number of halogens is 1. The van der Waals surface area contributed by atoms with Gasteiger partial charge in [0.25, 0.3) is 0 Å². The van der Waals surface area contributed by atoms with E-state index in [0.717, 1.165) is 26.9 Å². The number of hydrogen-bond donors (Lipinski definition) is 2. The molecule has 0 spiro atoms. The summed E-state index contributed by atoms with van der Waals surface area (Å²) in [6, 6.07) is 19.2. The molecular formula is C17H12ClN3S. The van der Waals surface area contributed by atoms with E-state index < -0.39 is 0 Å². The molecule has 0 amide bonds. The zero-order valence-corrected chi connectivity index (χ0v) is 13.1. The molecule has 0 aliphatic rings. The van der Waals surface area contributed by atoms with E-state index in [1.807, 2.05) is 42.6 Å². The summed E-state index contributed by atoms with van der Waals surface area (Å²) in [6.45, 7) is 0. The van der Waals surface area contributed by atoms with E-state index in [1.165, 1.54) is 11.9 Å². The lowest BCUT2D eigenvalue weighted by molar-refractivity contribution is 1.37. The zero-order chi connectivity index (χ0) is 15.4. The average Bonchev–Trinajstić information content (AvgIpc) is 3.02. The van der Waals surface area contributed by atoms with Crippen molar-refractivity contribution in [3.8, 4) is 17.3 Å². The van der Waals surface area contributed by atoms with E-state index in [9.17, 15) is 0 Å². The van der Waals surface area contributed by atoms with E-state index in [2.05, 4.69) is 21.8 Å². The van der Waals surface area contributed by atoms with Crippen molar-refractivity contribution in [3.05, 3.63) is 71.4 Å². The molecule has 0 unspecified atom stereocenters. The fourth-order valence-electron chi connectivity index (χ4n) is 1.99. The van der Waals surface area contributed by atoms with Crippen LogP contribution in [-0.4, -0.2) is 4.98 Å². The number of nitrogens with one attached hydrogen (secondary N) is 2. The van der Waals surface area contributed by atoms with Gasteiger partial charge in [0, 0.05) is 27.5 Å². The van der Waals surface area contributed by atoms with E-state index >= 15 is 0 Å². The number of aromatic amines is 1. The first kappa shape index (κ1) is 14.6. The highest BCUT2D eigenvalue weighted by Gasteiger charge is 2.03. The monoisotopic (exact) mass is 325 g/mol. The third-order valence-corrected chi connectivity index (χ3v) is 4.14. The SMILES string of the molecule is N#Cc1ccc(NSc2c[nH]c(-c3cccc(Cl)c3)c2)cc1. The predicted molar refractivity (Wildman–Crippen MR) is 91.9 cm³/mol. The smallest absolute Gasteiger partial charge is 0.0991 e. The lowest BCUT2D eigenvalue weighted by atomic mass is 10.2. The van der Waals surface area contributed by atoms with Crippen LogP contribution in [0.1, 0.15) is 5.56 Å². The van der Waals surface area contributed by atoms with Gasteiger partial charge in [-0.1, -0.05) is 23.7 Å². The molecule has 0 atom stereocenters. The van der Waals surface area contributed by atoms with Gasteiger partial charge in [-0.15, -0.1) is 0 Å². The van der Waals surface area contributed by atoms with Crippen molar-refractivity contribution >= 4 is 29.2 Å². The topological polar surface area (TPSA) is 51.6 Å². The second-order valence-electron chi connectivity index (χ2n) is 4.65. The molecule has 0 aliphatic heterocycles. The largest absolute Gasteiger partial charge is 0.360 e. The van der Waals surface area contributed by atoms with Crippen LogP contribution < -0.4 is 4.72 Å². The number of hydrogen-bond acceptors (Lipinski definition) is 3. The first-order chi connectivity index (χ1) is 10.7. The van der Waals surface area contributed by atoms with Gasteiger partial charge in [0.1, 0.15) is 0 Å². The van der Waals surface area contributed by atoms with Crippen molar-refractivity contribution in [1.82, 2.24) is 4.98 Å². The Morgan fingerprint density at radius 2 is 1.91 bits per heavy atom. The molecular weight excluding hydrogens is 314 g/mol. The molecule has 108 valence electrons. The standard InChI is InChI=1S/C17H12ClN3S/c18-14-3-1-2-13(8-14)17-9-16(11-20-17)22-21-15-6-4-12(10-19)5-7-15/h1-9,11,20-21H. The molecule has 3 rings (SSSR count). The van der Waals surface area contributed by atoms with Crippen molar-refractivity contribution in [2.45, 2.75) is 4.90 Å². The van der Waals surface area contributed by atoms with Crippen LogP contribution in [0, 0.1) is 11.3 Å². The van der Waals surface area contributed by atoms with Crippen molar-refractivity contribution in [3.63, 3.8) is 0 Å². The molecule has 2 N–H and O–H groups in total. The molecule has 0 aliphatic carbocycles. The number of anilines is 1. The fraction of sp³-hybridized carbons (Fsp3) is 0. The number of aromatic nitrogens is 1. The quantitative estimate of drug-likeness (QED) is 0.638. The first-order valence-corrected chi connectivity index (χ1v) is 7.81. The number of benzene rings is 2. The Kier molecular flexibility index (Phi) is 4.38. The normalized spacial score (nSPS) is 10.2. The summed E-state index contributed by atoms with van der Waals surface area (Å²) in [4.78, 5) is 4.31. The van der Waals surface area contributed by atoms with Gasteiger partial charge in [0.15, 0.2) is 0 Å². The van der Waals surface area contributed by atoms with E-state index in [4.69, 9.17) is 16.9 Å². The Balaban J connectivity index is 1.68. The summed E-state index contributed by atoms with van der Waals surface area (Å²) in [5.41, 5.74) is 3.68. The minimum atomic E-state index is 0.653. The number of rotatable bonds is 4. The summed E-state index contributed by atoms with van der Waals surface area (Å²) in [5, 5.41) is 9.50. The molecule has 22 heavy (non-hydrogen) atoms. The van der Waals surface area contributed by atoms with Crippen LogP contribution in [0.3, 0.4) is 0 Å². The molecule has 1 heterocycles. The van der Waals surface area contributed by atoms with Crippen molar-refractivity contribution < 1.29 is 0 Å². The zero-order valence-electron chi connectivity index (χ0n) is 11.5. The van der Waals surface area contributed by atoms with Gasteiger partial charge >= 0.3 is 0 Å². The molecule has 0 bridgehead atoms. The van der Waals surface area contributed by atoms with Crippen LogP contribution in [0.2, 0.25) is 5.02 Å². The third-order valence-electron chi connectivity index (χ3n) is 3.09. The van der Waals surface area contributed by atoms with Crippen molar-refractivity contribution in [1.29, 1.82) is 5.26 Å². The minimum absolute atomic E-state index is 0.653. The van der Waals surface area contributed by atoms with E-state index in [-0.39, 0.29) is 0 Å². The Morgan fingerprint density at radius 3 is 2.64 bits per heavy atom. The van der Waals surface area contributed by atoms with Gasteiger partial charge in [-0.05, 0) is 60.0 Å². The van der Waals surface area contributed by atoms with Gasteiger partial charge in [-0.3, -0.25) is 0 Å². The Morgan fingerprint density at radius 1 is 1.09 bits per heavy atom. The highest BCUT2D eigenvalue weighted by atomic mass is 35.5. The maximum Gasteiger partial charge on any atom is 0.0991 e. The maximum atomic E-state index is 8.78. The maximum absolute atomic E-state index is 8.78. The predicted octanol–water partition coefficient (Wildman–Crippen LogP) is 5.33. The minimum Gasteiger partial charge on any atom is -0.360 e. The highest BCUT2D eigenvalue weighted by Crippen LogP contribution is 2.27. The summed E-state index contributed by atoms with van der Waals surface area (Å²) >= 11 is 7.52. The van der Waals surface area contributed by atoms with Crippen LogP contribution in [0.5, 0.6) is 0 Å². The molecule has 1 aromatic heterocycles. The van der Waals surface area contributed by atoms with Gasteiger partial charge in [-0.2, -0.15) is 5.26 Å². The summed E-state index contributed by atoms with van der Waals surface area (Å²) in [6.07, 6.45) is 1.94. The fourth-order valence-corrected chi connectivity index (χ4v) is 2.84. The second kappa shape index (κ2) is 6.61. The first-order valence-electron chi connectivity index (χ1n) is 6.62. The van der Waals surface area contributed by atoms with Crippen molar-refractivity contribution in [2.24, 2.45) is 0 Å². The van der Waals surface area contributed by atoms with Gasteiger partial charge in [0.05, 0.1) is 11.6 Å². The highest BCUT2D eigenvalue weighted by molar-refractivity contribution is 8.00. The molecule has 5 heteroatoms.